The maximum atomic E-state index is 11.9. The summed E-state index contributed by atoms with van der Waals surface area (Å²) >= 11 is 5.83. The van der Waals surface area contributed by atoms with E-state index in [0.29, 0.717) is 12.2 Å². The Labute approximate surface area is 110 Å². The summed E-state index contributed by atoms with van der Waals surface area (Å²) in [4.78, 5) is 10.8. The highest BCUT2D eigenvalue weighted by molar-refractivity contribution is 7.93. The summed E-state index contributed by atoms with van der Waals surface area (Å²) in [5.74, 6) is -0.984. The van der Waals surface area contributed by atoms with Crippen LogP contribution < -0.4 is 4.31 Å². The minimum Gasteiger partial charge on any atom is -0.478 e. The quantitative estimate of drug-likeness (QED) is 0.901. The zero-order valence-corrected chi connectivity index (χ0v) is 11.2. The van der Waals surface area contributed by atoms with Gasteiger partial charge in [0.15, 0.2) is 0 Å². The number of carbonyl (C=O) groups is 1. The van der Waals surface area contributed by atoms with E-state index < -0.39 is 16.0 Å². The molecule has 1 aromatic rings. The SMILES string of the molecule is CC1CN(c2ccc(C(=O)O)c(Cl)c2)S(=O)(=O)C1. The summed E-state index contributed by atoms with van der Waals surface area (Å²) in [6.07, 6.45) is 0. The summed E-state index contributed by atoms with van der Waals surface area (Å²) in [5.41, 5.74) is 0.374. The highest BCUT2D eigenvalue weighted by atomic mass is 35.5. The number of rotatable bonds is 2. The number of hydrogen-bond donors (Lipinski definition) is 1. The van der Waals surface area contributed by atoms with Crippen molar-refractivity contribution in [2.45, 2.75) is 6.92 Å². The largest absolute Gasteiger partial charge is 0.478 e. The Morgan fingerprint density at radius 2 is 2.17 bits per heavy atom. The van der Waals surface area contributed by atoms with Gasteiger partial charge >= 0.3 is 5.97 Å². The minimum atomic E-state index is -3.31. The van der Waals surface area contributed by atoms with Gasteiger partial charge in [0, 0.05) is 6.54 Å². The summed E-state index contributed by atoms with van der Waals surface area (Å²) in [6, 6.07) is 4.16. The van der Waals surface area contributed by atoms with Gasteiger partial charge in [-0.1, -0.05) is 18.5 Å². The highest BCUT2D eigenvalue weighted by Crippen LogP contribution is 2.30. The maximum absolute atomic E-state index is 11.9. The van der Waals surface area contributed by atoms with Gasteiger partial charge in [-0.25, -0.2) is 13.2 Å². The number of anilines is 1. The number of sulfonamides is 1. The Hall–Kier alpha value is -1.27. The maximum Gasteiger partial charge on any atom is 0.337 e. The van der Waals surface area contributed by atoms with Crippen LogP contribution in [0.15, 0.2) is 18.2 Å². The van der Waals surface area contributed by atoms with Crippen LogP contribution >= 0.6 is 11.6 Å². The molecule has 0 radical (unpaired) electrons. The van der Waals surface area contributed by atoms with Crippen LogP contribution in [0.3, 0.4) is 0 Å². The van der Waals surface area contributed by atoms with Crippen molar-refractivity contribution in [2.24, 2.45) is 5.92 Å². The first kappa shape index (κ1) is 13.2. The molecule has 1 saturated heterocycles. The molecular formula is C11H12ClNO4S. The molecule has 0 saturated carbocycles. The van der Waals surface area contributed by atoms with Crippen molar-refractivity contribution >= 4 is 33.3 Å². The van der Waals surface area contributed by atoms with Gasteiger partial charge in [-0.15, -0.1) is 0 Å². The third kappa shape index (κ3) is 2.30. The number of halogens is 1. The molecule has 98 valence electrons. The van der Waals surface area contributed by atoms with Crippen LogP contribution in [0.25, 0.3) is 0 Å². The van der Waals surface area contributed by atoms with Crippen molar-refractivity contribution in [3.05, 3.63) is 28.8 Å². The van der Waals surface area contributed by atoms with Crippen molar-refractivity contribution in [2.75, 3.05) is 16.6 Å². The normalized spacial score (nSPS) is 22.1. The number of carboxylic acid groups (broad SMARTS) is 1. The number of hydrogen-bond acceptors (Lipinski definition) is 3. The van der Waals surface area contributed by atoms with Crippen molar-refractivity contribution < 1.29 is 18.3 Å². The molecule has 5 nitrogen and oxygen atoms in total. The van der Waals surface area contributed by atoms with Crippen LogP contribution in [-0.2, 0) is 10.0 Å². The predicted octanol–water partition coefficient (Wildman–Crippen LogP) is 1.82. The molecule has 1 aromatic carbocycles. The molecule has 1 heterocycles. The van der Waals surface area contributed by atoms with Crippen molar-refractivity contribution in [3.8, 4) is 0 Å². The molecule has 1 aliphatic heterocycles. The van der Waals surface area contributed by atoms with Gasteiger partial charge in [-0.2, -0.15) is 0 Å². The monoisotopic (exact) mass is 289 g/mol. The van der Waals surface area contributed by atoms with Gasteiger partial charge in [0.25, 0.3) is 0 Å². The van der Waals surface area contributed by atoms with Gasteiger partial charge in [-0.3, -0.25) is 4.31 Å². The average Bonchev–Trinajstić information content (AvgIpc) is 2.51. The molecule has 18 heavy (non-hydrogen) atoms. The molecule has 0 aromatic heterocycles. The number of carboxylic acids is 1. The fourth-order valence-corrected chi connectivity index (χ4v) is 4.17. The molecule has 2 rings (SSSR count). The zero-order valence-electron chi connectivity index (χ0n) is 9.63. The molecule has 1 aliphatic rings. The van der Waals surface area contributed by atoms with Crippen LogP contribution in [0.1, 0.15) is 17.3 Å². The minimum absolute atomic E-state index is 0.0368. The highest BCUT2D eigenvalue weighted by Gasteiger charge is 2.33. The first-order chi connectivity index (χ1) is 8.31. The molecule has 1 atom stereocenters. The Balaban J connectivity index is 2.42. The Morgan fingerprint density at radius 1 is 1.50 bits per heavy atom. The van der Waals surface area contributed by atoms with E-state index in [1.165, 1.54) is 22.5 Å². The molecule has 0 aliphatic carbocycles. The lowest BCUT2D eigenvalue weighted by atomic mass is 10.2. The molecule has 0 spiro atoms. The fourth-order valence-electron chi connectivity index (χ4n) is 2.00. The second-order valence-corrected chi connectivity index (χ2v) is 6.73. The van der Waals surface area contributed by atoms with E-state index in [1.54, 1.807) is 0 Å². The van der Waals surface area contributed by atoms with Gasteiger partial charge in [0.1, 0.15) is 0 Å². The van der Waals surface area contributed by atoms with Gasteiger partial charge in [0.2, 0.25) is 10.0 Å². The summed E-state index contributed by atoms with van der Waals surface area (Å²) in [7, 11) is -3.31. The average molecular weight is 290 g/mol. The molecule has 1 fully saturated rings. The Morgan fingerprint density at radius 3 is 2.61 bits per heavy atom. The third-order valence-corrected chi connectivity index (χ3v) is 5.11. The van der Waals surface area contributed by atoms with E-state index in [1.807, 2.05) is 6.92 Å². The topological polar surface area (TPSA) is 74.7 Å². The molecule has 1 unspecified atom stereocenters. The van der Waals surface area contributed by atoms with E-state index in [2.05, 4.69) is 0 Å². The molecule has 1 N–H and O–H groups in total. The van der Waals surface area contributed by atoms with Gasteiger partial charge < -0.3 is 5.11 Å². The van der Waals surface area contributed by atoms with E-state index in [-0.39, 0.29) is 22.3 Å². The molecule has 7 heteroatoms. The molecule has 0 bridgehead atoms. The van der Waals surface area contributed by atoms with E-state index in [0.717, 1.165) is 0 Å². The summed E-state index contributed by atoms with van der Waals surface area (Å²) in [6.45, 7) is 2.25. The summed E-state index contributed by atoms with van der Waals surface area (Å²) in [5, 5.41) is 8.89. The van der Waals surface area contributed by atoms with Crippen molar-refractivity contribution in [3.63, 3.8) is 0 Å². The standard InChI is InChI=1S/C11H12ClNO4S/c1-7-5-13(18(16,17)6-7)8-2-3-9(11(14)15)10(12)4-8/h2-4,7H,5-6H2,1H3,(H,14,15). The number of nitrogens with zero attached hydrogens (tertiary/aromatic N) is 1. The lowest BCUT2D eigenvalue weighted by molar-refractivity contribution is 0.0697. The van der Waals surface area contributed by atoms with E-state index >= 15 is 0 Å². The van der Waals surface area contributed by atoms with Crippen LogP contribution in [0, 0.1) is 5.92 Å². The molecular weight excluding hydrogens is 278 g/mol. The van der Waals surface area contributed by atoms with Crippen LogP contribution in [0.5, 0.6) is 0 Å². The van der Waals surface area contributed by atoms with Crippen molar-refractivity contribution in [1.29, 1.82) is 0 Å². The number of aromatic carboxylic acids is 1. The third-order valence-electron chi connectivity index (χ3n) is 2.78. The second-order valence-electron chi connectivity index (χ2n) is 4.38. The fraction of sp³-hybridized carbons (Fsp3) is 0.364. The van der Waals surface area contributed by atoms with E-state index in [9.17, 15) is 13.2 Å². The lowest BCUT2D eigenvalue weighted by Crippen LogP contribution is -2.25. The predicted molar refractivity (Wildman–Crippen MR) is 68.7 cm³/mol. The zero-order chi connectivity index (χ0) is 13.5. The molecule has 0 amide bonds. The van der Waals surface area contributed by atoms with Crippen LogP contribution in [0.2, 0.25) is 5.02 Å². The van der Waals surface area contributed by atoms with E-state index in [4.69, 9.17) is 16.7 Å². The Kier molecular flexibility index (Phi) is 3.25. The van der Waals surface area contributed by atoms with Gasteiger partial charge in [-0.05, 0) is 24.1 Å². The van der Waals surface area contributed by atoms with Crippen LogP contribution in [0.4, 0.5) is 5.69 Å². The summed E-state index contributed by atoms with van der Waals surface area (Å²) < 4.78 is 25.0. The first-order valence-electron chi connectivity index (χ1n) is 5.34. The smallest absolute Gasteiger partial charge is 0.337 e. The number of benzene rings is 1. The van der Waals surface area contributed by atoms with Gasteiger partial charge in [0.05, 0.1) is 22.0 Å². The van der Waals surface area contributed by atoms with Crippen molar-refractivity contribution in [1.82, 2.24) is 0 Å². The lowest BCUT2D eigenvalue weighted by Gasteiger charge is -2.17. The van der Waals surface area contributed by atoms with Crippen LogP contribution in [-0.4, -0.2) is 31.8 Å². The first-order valence-corrected chi connectivity index (χ1v) is 7.33. The Bertz CT molecular complexity index is 599. The second kappa shape index (κ2) is 4.44.